The Morgan fingerprint density at radius 2 is 2.06 bits per heavy atom. The highest BCUT2D eigenvalue weighted by Crippen LogP contribution is 2.16. The Morgan fingerprint density at radius 3 is 2.69 bits per heavy atom. The van der Waals surface area contributed by atoms with Gasteiger partial charge in [-0.15, -0.1) is 10.2 Å². The Bertz CT molecular complexity index is 511. The van der Waals surface area contributed by atoms with Gasteiger partial charge >= 0.3 is 0 Å². The fourth-order valence-electron chi connectivity index (χ4n) is 1.34. The van der Waals surface area contributed by atoms with Crippen molar-refractivity contribution < 1.29 is 8.76 Å². The first-order chi connectivity index (χ1) is 7.68. The summed E-state index contributed by atoms with van der Waals surface area (Å²) in [5.74, 6) is 0.914. The van der Waals surface area contributed by atoms with Crippen molar-refractivity contribution in [3.63, 3.8) is 0 Å². The Kier molecular flexibility index (Phi) is 3.07. The summed E-state index contributed by atoms with van der Waals surface area (Å²) in [4.78, 5) is 3.90. The number of hydrogen-bond donors (Lipinski definition) is 0. The molecule has 0 bridgehead atoms. The van der Waals surface area contributed by atoms with Crippen LogP contribution < -0.4 is 0 Å². The highest BCUT2D eigenvalue weighted by atomic mass is 32.2. The molecule has 2 heterocycles. The van der Waals surface area contributed by atoms with Crippen LogP contribution in [0.4, 0.5) is 0 Å². The van der Waals surface area contributed by atoms with E-state index in [0.717, 1.165) is 5.56 Å². The number of hydrogen-bond acceptors (Lipinski definition) is 5. The fraction of sp³-hybridized carbons (Fsp3) is 0.222. The fourth-order valence-corrected chi connectivity index (χ4v) is 1.81. The molecule has 0 N–H and O–H groups in total. The second kappa shape index (κ2) is 4.50. The molecule has 1 atom stereocenters. The molecule has 0 spiro atoms. The molecular formula is C9H9N4O2S-. The van der Waals surface area contributed by atoms with Gasteiger partial charge in [-0.3, -0.25) is 9.19 Å². The normalized spacial score (nSPS) is 12.6. The van der Waals surface area contributed by atoms with Crippen molar-refractivity contribution in [2.75, 3.05) is 0 Å². The molecule has 2 aromatic rings. The molecule has 2 rings (SSSR count). The van der Waals surface area contributed by atoms with Gasteiger partial charge in [-0.1, -0.05) is 0 Å². The summed E-state index contributed by atoms with van der Waals surface area (Å²) in [6, 6.07) is 3.59. The minimum absolute atomic E-state index is 0.130. The summed E-state index contributed by atoms with van der Waals surface area (Å²) in [6.45, 7) is 0. The van der Waals surface area contributed by atoms with Gasteiger partial charge in [-0.2, -0.15) is 0 Å². The first-order valence-electron chi connectivity index (χ1n) is 4.53. The Hall–Kier alpha value is -1.60. The first-order valence-corrected chi connectivity index (χ1v) is 5.77. The summed E-state index contributed by atoms with van der Waals surface area (Å²) in [5, 5.41) is 7.78. The van der Waals surface area contributed by atoms with Crippen molar-refractivity contribution in [2.24, 2.45) is 7.05 Å². The van der Waals surface area contributed by atoms with Gasteiger partial charge in [0.15, 0.2) is 5.82 Å². The van der Waals surface area contributed by atoms with Crippen LogP contribution in [-0.2, 0) is 23.9 Å². The third kappa shape index (κ3) is 2.15. The molecule has 0 aliphatic carbocycles. The first kappa shape index (κ1) is 10.9. The van der Waals surface area contributed by atoms with Crippen molar-refractivity contribution >= 4 is 11.1 Å². The molecule has 0 amide bonds. The largest absolute Gasteiger partial charge is 0.772 e. The minimum Gasteiger partial charge on any atom is -0.772 e. The van der Waals surface area contributed by atoms with Crippen LogP contribution in [0.1, 0.15) is 5.82 Å². The van der Waals surface area contributed by atoms with Crippen molar-refractivity contribution in [1.82, 2.24) is 19.7 Å². The Labute approximate surface area is 94.6 Å². The average Bonchev–Trinajstić information content (AvgIpc) is 2.61. The molecule has 1 unspecified atom stereocenters. The molecule has 84 valence electrons. The van der Waals surface area contributed by atoms with Crippen LogP contribution in [-0.4, -0.2) is 28.5 Å². The number of pyridine rings is 1. The Morgan fingerprint density at radius 1 is 1.38 bits per heavy atom. The van der Waals surface area contributed by atoms with E-state index < -0.39 is 11.1 Å². The molecule has 0 fully saturated rings. The van der Waals surface area contributed by atoms with Crippen molar-refractivity contribution in [1.29, 1.82) is 0 Å². The van der Waals surface area contributed by atoms with Gasteiger partial charge in [0.2, 0.25) is 0 Å². The van der Waals surface area contributed by atoms with Crippen LogP contribution in [0.15, 0.2) is 24.5 Å². The second-order valence-electron chi connectivity index (χ2n) is 3.18. The van der Waals surface area contributed by atoms with Crippen LogP contribution in [0.5, 0.6) is 0 Å². The average molecular weight is 237 g/mol. The third-order valence-corrected chi connectivity index (χ3v) is 2.64. The lowest BCUT2D eigenvalue weighted by Gasteiger charge is -2.05. The zero-order chi connectivity index (χ0) is 11.5. The van der Waals surface area contributed by atoms with E-state index in [2.05, 4.69) is 15.2 Å². The molecule has 0 saturated heterocycles. The predicted molar refractivity (Wildman–Crippen MR) is 56.9 cm³/mol. The van der Waals surface area contributed by atoms with Crippen molar-refractivity contribution in [2.45, 2.75) is 5.75 Å². The molecule has 0 saturated carbocycles. The zero-order valence-electron chi connectivity index (χ0n) is 8.53. The molecule has 2 aromatic heterocycles. The van der Waals surface area contributed by atoms with Crippen molar-refractivity contribution in [3.8, 4) is 11.4 Å². The van der Waals surface area contributed by atoms with Gasteiger partial charge in [0, 0.05) is 25.0 Å². The summed E-state index contributed by atoms with van der Waals surface area (Å²) in [7, 11) is 1.73. The molecule has 0 aliphatic heterocycles. The Balaban J connectivity index is 2.37. The van der Waals surface area contributed by atoms with E-state index in [9.17, 15) is 8.76 Å². The van der Waals surface area contributed by atoms with E-state index in [1.807, 2.05) is 0 Å². The summed E-state index contributed by atoms with van der Waals surface area (Å²) >= 11 is -2.16. The highest BCUT2D eigenvalue weighted by Gasteiger charge is 2.09. The maximum Gasteiger partial charge on any atom is 0.163 e. The molecule has 0 radical (unpaired) electrons. The van der Waals surface area contributed by atoms with E-state index in [1.54, 1.807) is 36.1 Å². The predicted octanol–water partition coefficient (Wildman–Crippen LogP) is 0.256. The van der Waals surface area contributed by atoms with E-state index in [0.29, 0.717) is 11.6 Å². The summed E-state index contributed by atoms with van der Waals surface area (Å²) < 4.78 is 22.8. The van der Waals surface area contributed by atoms with Gasteiger partial charge in [-0.05, 0) is 23.2 Å². The molecule has 0 aliphatic rings. The van der Waals surface area contributed by atoms with Crippen LogP contribution >= 0.6 is 0 Å². The summed E-state index contributed by atoms with van der Waals surface area (Å²) in [5.41, 5.74) is 0.855. The summed E-state index contributed by atoms with van der Waals surface area (Å²) in [6.07, 6.45) is 3.30. The van der Waals surface area contributed by atoms with Gasteiger partial charge in [0.25, 0.3) is 0 Å². The molecule has 6 nitrogen and oxygen atoms in total. The number of aromatic nitrogens is 4. The molecular weight excluding hydrogens is 228 g/mol. The molecule has 16 heavy (non-hydrogen) atoms. The maximum absolute atomic E-state index is 10.6. The van der Waals surface area contributed by atoms with E-state index in [4.69, 9.17) is 0 Å². The number of nitrogens with zero attached hydrogens (tertiary/aromatic N) is 4. The monoisotopic (exact) mass is 237 g/mol. The quantitative estimate of drug-likeness (QED) is 0.715. The minimum atomic E-state index is -2.16. The van der Waals surface area contributed by atoms with Gasteiger partial charge in [-0.25, -0.2) is 0 Å². The van der Waals surface area contributed by atoms with Crippen LogP contribution in [0, 0.1) is 0 Å². The topological polar surface area (TPSA) is 83.7 Å². The SMILES string of the molecule is Cn1c(CS(=O)[O-])nnc1-c1ccncc1. The zero-order valence-corrected chi connectivity index (χ0v) is 9.35. The van der Waals surface area contributed by atoms with E-state index >= 15 is 0 Å². The van der Waals surface area contributed by atoms with Crippen LogP contribution in [0.2, 0.25) is 0 Å². The van der Waals surface area contributed by atoms with Crippen LogP contribution in [0.25, 0.3) is 11.4 Å². The lowest BCUT2D eigenvalue weighted by atomic mass is 10.2. The van der Waals surface area contributed by atoms with Crippen LogP contribution in [0.3, 0.4) is 0 Å². The standard InChI is InChI=1S/C9H10N4O2S/c1-13-8(6-16(14)15)11-12-9(13)7-2-4-10-5-3-7/h2-5H,6H2,1H3,(H,14,15)/p-1. The van der Waals surface area contributed by atoms with Gasteiger partial charge in [0.05, 0.1) is 5.75 Å². The molecule has 0 aromatic carbocycles. The molecule has 7 heteroatoms. The van der Waals surface area contributed by atoms with E-state index in [-0.39, 0.29) is 5.75 Å². The smallest absolute Gasteiger partial charge is 0.163 e. The van der Waals surface area contributed by atoms with E-state index in [1.165, 1.54) is 0 Å². The highest BCUT2D eigenvalue weighted by molar-refractivity contribution is 7.78. The number of rotatable bonds is 3. The van der Waals surface area contributed by atoms with Crippen molar-refractivity contribution in [3.05, 3.63) is 30.4 Å². The maximum atomic E-state index is 10.6. The lowest BCUT2D eigenvalue weighted by molar-refractivity contribution is 0.534. The second-order valence-corrected chi connectivity index (χ2v) is 4.08. The van der Waals surface area contributed by atoms with Gasteiger partial charge < -0.3 is 9.12 Å². The van der Waals surface area contributed by atoms with Gasteiger partial charge in [0.1, 0.15) is 5.82 Å². The third-order valence-electron chi connectivity index (χ3n) is 2.15. The lowest BCUT2D eigenvalue weighted by Crippen LogP contribution is -2.03.